The van der Waals surface area contributed by atoms with Crippen molar-refractivity contribution < 1.29 is 28.5 Å². The van der Waals surface area contributed by atoms with Gasteiger partial charge in [0.2, 0.25) is 5.75 Å². The molecule has 0 radical (unpaired) electrons. The third-order valence-electron chi connectivity index (χ3n) is 3.84. The lowest BCUT2D eigenvalue weighted by molar-refractivity contribution is -0.152. The predicted molar refractivity (Wildman–Crippen MR) is 105 cm³/mol. The van der Waals surface area contributed by atoms with Gasteiger partial charge in [-0.2, -0.15) is 0 Å². The molecule has 0 bridgehead atoms. The highest BCUT2D eigenvalue weighted by atomic mass is 35.5. The van der Waals surface area contributed by atoms with Gasteiger partial charge in [0.25, 0.3) is 5.91 Å². The average Bonchev–Trinajstić information content (AvgIpc) is 2.66. The van der Waals surface area contributed by atoms with Gasteiger partial charge in [-0.3, -0.25) is 9.59 Å². The monoisotopic (exact) mass is 407 g/mol. The van der Waals surface area contributed by atoms with Crippen LogP contribution in [0.1, 0.15) is 12.5 Å². The maximum Gasteiger partial charge on any atom is 0.311 e. The zero-order valence-electron chi connectivity index (χ0n) is 16.1. The van der Waals surface area contributed by atoms with Crippen LogP contribution in [0.2, 0.25) is 5.02 Å². The normalized spacial score (nSPS) is 11.3. The Balaban J connectivity index is 2.02. The van der Waals surface area contributed by atoms with E-state index in [1.54, 1.807) is 36.4 Å². The smallest absolute Gasteiger partial charge is 0.311 e. The molecular formula is C20H22ClNO6. The molecule has 2 aromatic carbocycles. The van der Waals surface area contributed by atoms with E-state index in [2.05, 4.69) is 5.32 Å². The summed E-state index contributed by atoms with van der Waals surface area (Å²) < 4.78 is 21.0. The highest BCUT2D eigenvalue weighted by Crippen LogP contribution is 2.38. The summed E-state index contributed by atoms with van der Waals surface area (Å²) in [6.07, 6.45) is -1.04. The molecular weight excluding hydrogens is 386 g/mol. The molecule has 0 heterocycles. The Bertz CT molecular complexity index is 829. The van der Waals surface area contributed by atoms with Gasteiger partial charge in [0.15, 0.2) is 17.6 Å². The standard InChI is InChI=1S/C20H22ClNO6/c1-12(20(24)22-15-7-5-6-14(21)11-15)28-18(23)10-13-8-16(25-2)19(27-4)17(9-13)26-3/h5-9,11-12H,10H2,1-4H3,(H,22,24)/t12-/m1/s1. The summed E-state index contributed by atoms with van der Waals surface area (Å²) in [5.74, 6) is 0.257. The van der Waals surface area contributed by atoms with E-state index in [0.29, 0.717) is 33.5 Å². The summed E-state index contributed by atoms with van der Waals surface area (Å²) in [6.45, 7) is 1.49. The van der Waals surface area contributed by atoms with Crippen molar-refractivity contribution in [1.29, 1.82) is 0 Å². The summed E-state index contributed by atoms with van der Waals surface area (Å²) >= 11 is 5.89. The van der Waals surface area contributed by atoms with Crippen molar-refractivity contribution in [1.82, 2.24) is 0 Å². The molecule has 0 unspecified atom stereocenters. The van der Waals surface area contributed by atoms with Crippen LogP contribution in [0.5, 0.6) is 17.2 Å². The van der Waals surface area contributed by atoms with Crippen LogP contribution in [0.3, 0.4) is 0 Å². The highest BCUT2D eigenvalue weighted by molar-refractivity contribution is 6.30. The molecule has 1 N–H and O–H groups in total. The molecule has 1 atom stereocenters. The molecule has 0 fully saturated rings. The van der Waals surface area contributed by atoms with E-state index in [-0.39, 0.29) is 6.42 Å². The van der Waals surface area contributed by atoms with E-state index in [1.807, 2.05) is 0 Å². The number of halogens is 1. The van der Waals surface area contributed by atoms with Gasteiger partial charge >= 0.3 is 5.97 Å². The SMILES string of the molecule is COc1cc(CC(=O)O[C@H](C)C(=O)Nc2cccc(Cl)c2)cc(OC)c1OC. The van der Waals surface area contributed by atoms with Crippen molar-refractivity contribution in [2.24, 2.45) is 0 Å². The number of amides is 1. The molecule has 0 saturated heterocycles. The number of anilines is 1. The summed E-state index contributed by atoms with van der Waals surface area (Å²) in [6, 6.07) is 9.99. The molecule has 0 saturated carbocycles. The molecule has 0 aliphatic carbocycles. The molecule has 28 heavy (non-hydrogen) atoms. The van der Waals surface area contributed by atoms with Crippen molar-refractivity contribution in [3.63, 3.8) is 0 Å². The van der Waals surface area contributed by atoms with Crippen molar-refractivity contribution in [3.05, 3.63) is 47.0 Å². The molecule has 0 spiro atoms. The Morgan fingerprint density at radius 2 is 1.68 bits per heavy atom. The van der Waals surface area contributed by atoms with Gasteiger partial charge in [0, 0.05) is 10.7 Å². The van der Waals surface area contributed by atoms with Crippen LogP contribution < -0.4 is 19.5 Å². The number of hydrogen-bond acceptors (Lipinski definition) is 6. The molecule has 2 aromatic rings. The van der Waals surface area contributed by atoms with Gasteiger partial charge in [-0.15, -0.1) is 0 Å². The number of carbonyl (C=O) groups is 2. The summed E-state index contributed by atoms with van der Waals surface area (Å²) in [5.41, 5.74) is 1.12. The van der Waals surface area contributed by atoms with E-state index < -0.39 is 18.0 Å². The minimum absolute atomic E-state index is 0.0640. The number of hydrogen-bond donors (Lipinski definition) is 1. The number of rotatable bonds is 8. The Labute approximate surface area is 168 Å². The topological polar surface area (TPSA) is 83.1 Å². The molecule has 150 valence electrons. The molecule has 8 heteroatoms. The lowest BCUT2D eigenvalue weighted by Gasteiger charge is -2.15. The van der Waals surface area contributed by atoms with Crippen LogP contribution >= 0.6 is 11.6 Å². The molecule has 2 rings (SSSR count). The third kappa shape index (κ3) is 5.53. The van der Waals surface area contributed by atoms with Crippen molar-refractivity contribution >= 4 is 29.2 Å². The molecule has 0 aromatic heterocycles. The summed E-state index contributed by atoms with van der Waals surface area (Å²) in [5, 5.41) is 3.14. The second-order valence-electron chi connectivity index (χ2n) is 5.84. The number of methoxy groups -OCH3 is 3. The number of esters is 1. The number of nitrogens with one attached hydrogen (secondary N) is 1. The Morgan fingerprint density at radius 1 is 1.04 bits per heavy atom. The predicted octanol–water partition coefficient (Wildman–Crippen LogP) is 3.48. The Morgan fingerprint density at radius 3 is 2.21 bits per heavy atom. The van der Waals surface area contributed by atoms with E-state index in [9.17, 15) is 9.59 Å². The fraction of sp³-hybridized carbons (Fsp3) is 0.300. The lowest BCUT2D eigenvalue weighted by Crippen LogP contribution is -2.30. The van der Waals surface area contributed by atoms with Crippen LogP contribution in [0.25, 0.3) is 0 Å². The lowest BCUT2D eigenvalue weighted by atomic mass is 10.1. The van der Waals surface area contributed by atoms with Crippen molar-refractivity contribution in [2.75, 3.05) is 26.6 Å². The van der Waals surface area contributed by atoms with Crippen molar-refractivity contribution in [3.8, 4) is 17.2 Å². The van der Waals surface area contributed by atoms with Crippen LogP contribution in [0.4, 0.5) is 5.69 Å². The Kier molecular flexibility index (Phi) is 7.52. The molecule has 7 nitrogen and oxygen atoms in total. The van der Waals surface area contributed by atoms with Gasteiger partial charge < -0.3 is 24.3 Å². The second-order valence-corrected chi connectivity index (χ2v) is 6.28. The first-order valence-electron chi connectivity index (χ1n) is 8.42. The van der Waals surface area contributed by atoms with Gasteiger partial charge in [-0.25, -0.2) is 0 Å². The van der Waals surface area contributed by atoms with Gasteiger partial charge in [0.1, 0.15) is 0 Å². The number of carbonyl (C=O) groups excluding carboxylic acids is 2. The first kappa shape index (κ1) is 21.4. The van der Waals surface area contributed by atoms with Crippen LogP contribution in [0.15, 0.2) is 36.4 Å². The number of benzene rings is 2. The average molecular weight is 408 g/mol. The summed E-state index contributed by atoms with van der Waals surface area (Å²) in [7, 11) is 4.47. The van der Waals surface area contributed by atoms with Crippen LogP contribution in [0, 0.1) is 0 Å². The maximum absolute atomic E-state index is 12.3. The number of ether oxygens (including phenoxy) is 4. The van der Waals surface area contributed by atoms with Crippen LogP contribution in [-0.2, 0) is 20.7 Å². The molecule has 0 aliphatic heterocycles. The second kappa shape index (κ2) is 9.85. The fourth-order valence-corrected chi connectivity index (χ4v) is 2.70. The van der Waals surface area contributed by atoms with E-state index in [4.69, 9.17) is 30.5 Å². The van der Waals surface area contributed by atoms with Gasteiger partial charge in [-0.1, -0.05) is 17.7 Å². The van der Waals surface area contributed by atoms with E-state index in [0.717, 1.165) is 0 Å². The fourth-order valence-electron chi connectivity index (χ4n) is 2.51. The van der Waals surface area contributed by atoms with Crippen LogP contribution in [-0.4, -0.2) is 39.3 Å². The quantitative estimate of drug-likeness (QED) is 0.674. The first-order valence-corrected chi connectivity index (χ1v) is 8.80. The van der Waals surface area contributed by atoms with Gasteiger partial charge in [-0.05, 0) is 42.8 Å². The van der Waals surface area contributed by atoms with Crippen molar-refractivity contribution in [2.45, 2.75) is 19.4 Å². The minimum Gasteiger partial charge on any atom is -0.493 e. The van der Waals surface area contributed by atoms with Gasteiger partial charge in [0.05, 0.1) is 27.8 Å². The Hall–Kier alpha value is -2.93. The van der Waals surface area contributed by atoms with E-state index in [1.165, 1.54) is 28.3 Å². The summed E-state index contributed by atoms with van der Waals surface area (Å²) in [4.78, 5) is 24.5. The highest BCUT2D eigenvalue weighted by Gasteiger charge is 2.20. The first-order chi connectivity index (χ1) is 13.4. The largest absolute Gasteiger partial charge is 0.493 e. The van der Waals surface area contributed by atoms with E-state index >= 15 is 0 Å². The molecule has 0 aliphatic rings. The zero-order valence-corrected chi connectivity index (χ0v) is 16.8. The molecule has 1 amide bonds. The third-order valence-corrected chi connectivity index (χ3v) is 4.08. The maximum atomic E-state index is 12.3. The minimum atomic E-state index is -0.978. The zero-order chi connectivity index (χ0) is 20.7.